The van der Waals surface area contributed by atoms with E-state index < -0.39 is 0 Å². The third-order valence-electron chi connectivity index (χ3n) is 3.08. The van der Waals surface area contributed by atoms with Crippen molar-refractivity contribution >= 4 is 27.6 Å². The molecular weight excluding hydrogens is 244 g/mol. The van der Waals surface area contributed by atoms with E-state index >= 15 is 0 Å². The van der Waals surface area contributed by atoms with Crippen LogP contribution in [0.3, 0.4) is 0 Å². The molecule has 4 nitrogen and oxygen atoms in total. The summed E-state index contributed by atoms with van der Waals surface area (Å²) >= 11 is 1.33. The number of nitrogens with zero attached hydrogens (tertiary/aromatic N) is 3. The van der Waals surface area contributed by atoms with Crippen LogP contribution in [0.5, 0.6) is 0 Å². The van der Waals surface area contributed by atoms with Crippen LogP contribution in [0.1, 0.15) is 12.6 Å². The van der Waals surface area contributed by atoms with Gasteiger partial charge in [-0.15, -0.1) is 0 Å². The lowest BCUT2D eigenvalue weighted by atomic mass is 10.2. The number of fused-ring (bicyclic) bond motifs is 1. The molecular formula is C13H14N4S. The zero-order valence-electron chi connectivity index (χ0n) is 10.3. The van der Waals surface area contributed by atoms with Crippen molar-refractivity contribution in [1.82, 2.24) is 13.9 Å². The minimum atomic E-state index is 0.734. The molecule has 0 aliphatic heterocycles. The van der Waals surface area contributed by atoms with Crippen molar-refractivity contribution in [3.8, 4) is 11.4 Å². The summed E-state index contributed by atoms with van der Waals surface area (Å²) in [5, 5.41) is 0.734. The number of nitrogen functional groups attached to an aromatic ring is 1. The number of hydrogen-bond acceptors (Lipinski definition) is 4. The molecule has 2 aromatic heterocycles. The Morgan fingerprint density at radius 2 is 2.11 bits per heavy atom. The van der Waals surface area contributed by atoms with Gasteiger partial charge in [-0.25, -0.2) is 4.98 Å². The van der Waals surface area contributed by atoms with E-state index in [2.05, 4.69) is 21.9 Å². The molecule has 0 fully saturated rings. The lowest BCUT2D eigenvalue weighted by molar-refractivity contribution is 0.796. The molecule has 0 bridgehead atoms. The Hall–Kier alpha value is -1.88. The second kappa shape index (κ2) is 4.10. The number of benzene rings is 1. The Bertz CT molecular complexity index is 691. The summed E-state index contributed by atoms with van der Waals surface area (Å²) in [6, 6.07) is 8.14. The number of imidazole rings is 1. The topological polar surface area (TPSA) is 56.7 Å². The van der Waals surface area contributed by atoms with Crippen LogP contribution >= 0.6 is 11.5 Å². The largest absolute Gasteiger partial charge is 0.389 e. The number of aryl methyl sites for hydroxylation is 2. The summed E-state index contributed by atoms with van der Waals surface area (Å²) in [4.78, 5) is 4.70. The first-order chi connectivity index (χ1) is 8.72. The Kier molecular flexibility index (Phi) is 2.56. The lowest BCUT2D eigenvalue weighted by Crippen LogP contribution is -1.99. The molecule has 0 aliphatic carbocycles. The van der Waals surface area contributed by atoms with E-state index in [0.29, 0.717) is 0 Å². The fraction of sp³-hybridized carbons (Fsp3) is 0.231. The lowest BCUT2D eigenvalue weighted by Gasteiger charge is -2.05. The van der Waals surface area contributed by atoms with Crippen LogP contribution in [-0.2, 0) is 6.54 Å². The van der Waals surface area contributed by atoms with Gasteiger partial charge in [0.25, 0.3) is 0 Å². The van der Waals surface area contributed by atoms with Gasteiger partial charge in [-0.1, -0.05) is 12.1 Å². The molecule has 0 amide bonds. The Balaban J connectivity index is 2.36. The number of aromatic nitrogens is 3. The summed E-state index contributed by atoms with van der Waals surface area (Å²) in [7, 11) is 0. The maximum atomic E-state index is 6.02. The van der Waals surface area contributed by atoms with Gasteiger partial charge in [0.1, 0.15) is 10.8 Å². The van der Waals surface area contributed by atoms with Crippen LogP contribution < -0.4 is 5.73 Å². The molecule has 0 atom stereocenters. The Morgan fingerprint density at radius 3 is 2.78 bits per heavy atom. The van der Waals surface area contributed by atoms with Gasteiger partial charge in [-0.05, 0) is 37.5 Å². The highest BCUT2D eigenvalue weighted by molar-refractivity contribution is 7.10. The van der Waals surface area contributed by atoms with Gasteiger partial charge in [0.05, 0.1) is 22.3 Å². The van der Waals surface area contributed by atoms with Crippen LogP contribution in [0.25, 0.3) is 22.4 Å². The first kappa shape index (κ1) is 11.2. The van der Waals surface area contributed by atoms with Crippen LogP contribution in [-0.4, -0.2) is 13.9 Å². The van der Waals surface area contributed by atoms with Crippen LogP contribution in [0.4, 0.5) is 5.00 Å². The van der Waals surface area contributed by atoms with Gasteiger partial charge in [0.2, 0.25) is 0 Å². The van der Waals surface area contributed by atoms with Crippen molar-refractivity contribution in [1.29, 1.82) is 0 Å². The third-order valence-corrected chi connectivity index (χ3v) is 3.85. The van der Waals surface area contributed by atoms with Crippen LogP contribution in [0, 0.1) is 6.92 Å². The summed E-state index contributed by atoms with van der Waals surface area (Å²) in [6.45, 7) is 4.95. The number of para-hydroxylation sites is 2. The summed E-state index contributed by atoms with van der Waals surface area (Å²) in [5.41, 5.74) is 10.1. The van der Waals surface area contributed by atoms with Crippen molar-refractivity contribution in [3.63, 3.8) is 0 Å². The molecule has 0 unspecified atom stereocenters. The number of hydrogen-bond donors (Lipinski definition) is 1. The number of rotatable bonds is 2. The highest BCUT2D eigenvalue weighted by Gasteiger charge is 2.17. The molecule has 18 heavy (non-hydrogen) atoms. The normalized spacial score (nSPS) is 11.2. The molecule has 0 radical (unpaired) electrons. The molecule has 3 rings (SSSR count). The van der Waals surface area contributed by atoms with Crippen LogP contribution in [0.15, 0.2) is 24.3 Å². The Labute approximate surface area is 109 Å². The second-order valence-corrected chi connectivity index (χ2v) is 4.98. The zero-order chi connectivity index (χ0) is 12.7. The molecule has 0 saturated carbocycles. The number of nitrogens with two attached hydrogens (primary N) is 1. The van der Waals surface area contributed by atoms with E-state index in [1.807, 2.05) is 25.1 Å². The van der Waals surface area contributed by atoms with Gasteiger partial charge < -0.3 is 10.3 Å². The molecule has 0 spiro atoms. The minimum Gasteiger partial charge on any atom is -0.389 e. The predicted octanol–water partition coefficient (Wildman–Crippen LogP) is 3.07. The van der Waals surface area contributed by atoms with Crippen molar-refractivity contribution in [2.24, 2.45) is 0 Å². The molecule has 0 saturated heterocycles. The van der Waals surface area contributed by atoms with E-state index in [4.69, 9.17) is 10.7 Å². The smallest absolute Gasteiger partial charge is 0.146 e. The standard InChI is InChI=1S/C13H14N4S/c1-3-17-10-7-5-4-6-9(10)15-13(17)11-8(2)16-18-12(11)14/h4-7H,3,14H2,1-2H3. The average molecular weight is 258 g/mol. The van der Waals surface area contributed by atoms with Crippen molar-refractivity contribution in [2.45, 2.75) is 20.4 Å². The van der Waals surface area contributed by atoms with E-state index in [1.165, 1.54) is 11.5 Å². The maximum Gasteiger partial charge on any atom is 0.146 e. The summed E-state index contributed by atoms with van der Waals surface area (Å²) in [5.74, 6) is 0.919. The van der Waals surface area contributed by atoms with Gasteiger partial charge >= 0.3 is 0 Å². The quantitative estimate of drug-likeness (QED) is 0.768. The van der Waals surface area contributed by atoms with Crippen molar-refractivity contribution in [2.75, 3.05) is 5.73 Å². The van der Waals surface area contributed by atoms with Gasteiger partial charge in [0.15, 0.2) is 0 Å². The SMILES string of the molecule is CCn1c(-c2c(C)nsc2N)nc2ccccc21. The Morgan fingerprint density at radius 1 is 1.33 bits per heavy atom. The van der Waals surface area contributed by atoms with E-state index in [0.717, 1.165) is 39.7 Å². The first-order valence-corrected chi connectivity index (χ1v) is 6.67. The van der Waals surface area contributed by atoms with Crippen molar-refractivity contribution < 1.29 is 0 Å². The minimum absolute atomic E-state index is 0.734. The van der Waals surface area contributed by atoms with Gasteiger partial charge in [0, 0.05) is 6.54 Å². The highest BCUT2D eigenvalue weighted by atomic mass is 32.1. The molecule has 2 heterocycles. The first-order valence-electron chi connectivity index (χ1n) is 5.89. The molecule has 5 heteroatoms. The summed E-state index contributed by atoms with van der Waals surface area (Å²) in [6.07, 6.45) is 0. The summed E-state index contributed by atoms with van der Waals surface area (Å²) < 4.78 is 6.48. The maximum absolute atomic E-state index is 6.02. The van der Waals surface area contributed by atoms with Crippen LogP contribution in [0.2, 0.25) is 0 Å². The number of anilines is 1. The third kappa shape index (κ3) is 1.51. The molecule has 3 aromatic rings. The van der Waals surface area contributed by atoms with E-state index in [9.17, 15) is 0 Å². The zero-order valence-corrected chi connectivity index (χ0v) is 11.2. The molecule has 0 aliphatic rings. The molecule has 92 valence electrons. The monoisotopic (exact) mass is 258 g/mol. The fourth-order valence-corrected chi connectivity index (χ4v) is 2.90. The second-order valence-electron chi connectivity index (χ2n) is 4.18. The average Bonchev–Trinajstić information content (AvgIpc) is 2.89. The van der Waals surface area contributed by atoms with E-state index in [1.54, 1.807) is 0 Å². The molecule has 1 aromatic carbocycles. The van der Waals surface area contributed by atoms with Crippen molar-refractivity contribution in [3.05, 3.63) is 30.0 Å². The predicted molar refractivity (Wildman–Crippen MR) is 75.7 cm³/mol. The molecule has 2 N–H and O–H groups in total. The van der Waals surface area contributed by atoms with Gasteiger partial charge in [-0.3, -0.25) is 0 Å². The van der Waals surface area contributed by atoms with E-state index in [-0.39, 0.29) is 0 Å². The highest BCUT2D eigenvalue weighted by Crippen LogP contribution is 2.33. The fourth-order valence-electron chi connectivity index (χ4n) is 2.25. The van der Waals surface area contributed by atoms with Gasteiger partial charge in [-0.2, -0.15) is 4.37 Å².